The van der Waals surface area contributed by atoms with E-state index in [9.17, 15) is 10.2 Å². The van der Waals surface area contributed by atoms with Gasteiger partial charge < -0.3 is 20.3 Å². The van der Waals surface area contributed by atoms with Crippen LogP contribution in [0.4, 0.5) is 0 Å². The molecule has 96 valence electrons. The predicted octanol–water partition coefficient (Wildman–Crippen LogP) is 2.17. The van der Waals surface area contributed by atoms with Crippen molar-refractivity contribution in [2.75, 3.05) is 13.7 Å². The Labute approximate surface area is 102 Å². The van der Waals surface area contributed by atoms with E-state index in [1.807, 2.05) is 6.92 Å². The zero-order chi connectivity index (χ0) is 12.8. The normalized spacial score (nSPS) is 14.5. The van der Waals surface area contributed by atoms with E-state index in [2.05, 4.69) is 12.2 Å². The Morgan fingerprint density at radius 3 is 2.59 bits per heavy atom. The quantitative estimate of drug-likeness (QED) is 0.712. The van der Waals surface area contributed by atoms with Crippen LogP contribution >= 0.6 is 0 Å². The molecule has 0 aromatic heterocycles. The van der Waals surface area contributed by atoms with Gasteiger partial charge in [-0.25, -0.2) is 0 Å². The van der Waals surface area contributed by atoms with Crippen LogP contribution in [-0.4, -0.2) is 30.0 Å². The summed E-state index contributed by atoms with van der Waals surface area (Å²) < 4.78 is 5.12. The molecule has 0 aliphatic carbocycles. The van der Waals surface area contributed by atoms with Gasteiger partial charge in [0.15, 0.2) is 0 Å². The number of phenols is 2. The van der Waals surface area contributed by atoms with Gasteiger partial charge in [0, 0.05) is 30.8 Å². The maximum absolute atomic E-state index is 9.75. The molecule has 0 spiro atoms. The third-order valence-electron chi connectivity index (χ3n) is 2.83. The molecule has 2 unspecified atom stereocenters. The maximum Gasteiger partial charge on any atom is 0.124 e. The number of rotatable bonds is 6. The van der Waals surface area contributed by atoms with Crippen molar-refractivity contribution >= 4 is 0 Å². The molecule has 0 amide bonds. The van der Waals surface area contributed by atoms with Crippen LogP contribution in [0.1, 0.15) is 31.9 Å². The molecule has 1 aromatic rings. The van der Waals surface area contributed by atoms with E-state index in [0.717, 1.165) is 12.0 Å². The topological polar surface area (TPSA) is 61.7 Å². The van der Waals surface area contributed by atoms with E-state index in [4.69, 9.17) is 4.74 Å². The Morgan fingerprint density at radius 1 is 1.35 bits per heavy atom. The fourth-order valence-electron chi connectivity index (χ4n) is 1.83. The minimum atomic E-state index is 0.00991. The van der Waals surface area contributed by atoms with Gasteiger partial charge in [-0.3, -0.25) is 0 Å². The largest absolute Gasteiger partial charge is 0.508 e. The summed E-state index contributed by atoms with van der Waals surface area (Å²) in [5.74, 6) is 0.180. The lowest BCUT2D eigenvalue weighted by atomic mass is 10.1. The molecule has 3 N–H and O–H groups in total. The van der Waals surface area contributed by atoms with Gasteiger partial charge >= 0.3 is 0 Å². The van der Waals surface area contributed by atoms with Crippen LogP contribution in [0.25, 0.3) is 0 Å². The molecular weight excluding hydrogens is 218 g/mol. The van der Waals surface area contributed by atoms with Gasteiger partial charge in [-0.15, -0.1) is 0 Å². The van der Waals surface area contributed by atoms with Gasteiger partial charge in [0.25, 0.3) is 0 Å². The smallest absolute Gasteiger partial charge is 0.124 e. The third-order valence-corrected chi connectivity index (χ3v) is 2.83. The molecule has 0 aliphatic rings. The van der Waals surface area contributed by atoms with Crippen LogP contribution in [0.15, 0.2) is 18.2 Å². The van der Waals surface area contributed by atoms with Crippen molar-refractivity contribution in [2.45, 2.75) is 32.4 Å². The minimum Gasteiger partial charge on any atom is -0.508 e. The van der Waals surface area contributed by atoms with Gasteiger partial charge in [0.05, 0.1) is 6.61 Å². The Hall–Kier alpha value is -1.26. The molecule has 1 rings (SSSR count). The Morgan fingerprint density at radius 2 is 2.06 bits per heavy atom. The summed E-state index contributed by atoms with van der Waals surface area (Å²) in [7, 11) is 1.67. The summed E-state index contributed by atoms with van der Waals surface area (Å²) in [5.41, 5.74) is 0.775. The maximum atomic E-state index is 9.75. The summed E-state index contributed by atoms with van der Waals surface area (Å²) >= 11 is 0. The highest BCUT2D eigenvalue weighted by atomic mass is 16.5. The summed E-state index contributed by atoms with van der Waals surface area (Å²) in [6.07, 6.45) is 0.955. The van der Waals surface area contributed by atoms with Crippen molar-refractivity contribution in [2.24, 2.45) is 0 Å². The zero-order valence-electron chi connectivity index (χ0n) is 10.6. The molecule has 0 aliphatic heterocycles. The molecule has 4 heteroatoms. The Bertz CT molecular complexity index is 355. The van der Waals surface area contributed by atoms with Crippen LogP contribution in [-0.2, 0) is 4.74 Å². The molecule has 4 nitrogen and oxygen atoms in total. The standard InChI is InChI=1S/C13H21NO3/c1-4-10(8-17-3)14-9(2)12-6-5-11(15)7-13(12)16/h5-7,9-10,14-16H,4,8H2,1-3H3. The number of methoxy groups -OCH3 is 1. The lowest BCUT2D eigenvalue weighted by Gasteiger charge is -2.22. The van der Waals surface area contributed by atoms with E-state index in [-0.39, 0.29) is 23.6 Å². The van der Waals surface area contributed by atoms with Gasteiger partial charge in [-0.2, -0.15) is 0 Å². The summed E-state index contributed by atoms with van der Waals surface area (Å²) in [6, 6.07) is 4.91. The van der Waals surface area contributed by atoms with E-state index < -0.39 is 0 Å². The molecule has 0 bridgehead atoms. The lowest BCUT2D eigenvalue weighted by Crippen LogP contribution is -2.34. The van der Waals surface area contributed by atoms with Crippen LogP contribution in [0.3, 0.4) is 0 Å². The monoisotopic (exact) mass is 239 g/mol. The molecule has 1 aromatic carbocycles. The SMILES string of the molecule is CCC(COC)NC(C)c1ccc(O)cc1O. The van der Waals surface area contributed by atoms with Crippen LogP contribution in [0.2, 0.25) is 0 Å². The summed E-state index contributed by atoms with van der Waals surface area (Å²) in [4.78, 5) is 0. The van der Waals surface area contributed by atoms with Crippen molar-refractivity contribution in [3.8, 4) is 11.5 Å². The van der Waals surface area contributed by atoms with Gasteiger partial charge in [-0.1, -0.05) is 13.0 Å². The van der Waals surface area contributed by atoms with E-state index >= 15 is 0 Å². The lowest BCUT2D eigenvalue weighted by molar-refractivity contribution is 0.159. The summed E-state index contributed by atoms with van der Waals surface area (Å²) in [6.45, 7) is 4.70. The first-order chi connectivity index (χ1) is 8.08. The molecule has 0 saturated carbocycles. The molecule has 0 radical (unpaired) electrons. The number of benzene rings is 1. The molecular formula is C13H21NO3. The highest BCUT2D eigenvalue weighted by molar-refractivity contribution is 5.40. The first kappa shape index (κ1) is 13.8. The van der Waals surface area contributed by atoms with Crippen molar-refractivity contribution in [1.29, 1.82) is 0 Å². The average molecular weight is 239 g/mol. The average Bonchev–Trinajstić information content (AvgIpc) is 2.28. The van der Waals surface area contributed by atoms with Gasteiger partial charge in [0.2, 0.25) is 0 Å². The fourth-order valence-corrected chi connectivity index (χ4v) is 1.83. The number of ether oxygens (including phenoxy) is 1. The van der Waals surface area contributed by atoms with E-state index in [0.29, 0.717) is 6.61 Å². The predicted molar refractivity (Wildman–Crippen MR) is 67.3 cm³/mol. The van der Waals surface area contributed by atoms with Crippen molar-refractivity contribution in [1.82, 2.24) is 5.32 Å². The van der Waals surface area contributed by atoms with Crippen molar-refractivity contribution < 1.29 is 14.9 Å². The van der Waals surface area contributed by atoms with Crippen LogP contribution in [0, 0.1) is 0 Å². The van der Waals surface area contributed by atoms with Crippen LogP contribution in [0.5, 0.6) is 11.5 Å². The Balaban J connectivity index is 2.71. The molecule has 0 saturated heterocycles. The second-order valence-electron chi connectivity index (χ2n) is 4.19. The highest BCUT2D eigenvalue weighted by Crippen LogP contribution is 2.28. The highest BCUT2D eigenvalue weighted by Gasteiger charge is 2.14. The number of aromatic hydroxyl groups is 2. The molecule has 0 heterocycles. The molecule has 17 heavy (non-hydrogen) atoms. The zero-order valence-corrected chi connectivity index (χ0v) is 10.6. The van der Waals surface area contributed by atoms with Crippen molar-refractivity contribution in [3.63, 3.8) is 0 Å². The molecule has 0 fully saturated rings. The second-order valence-corrected chi connectivity index (χ2v) is 4.19. The fraction of sp³-hybridized carbons (Fsp3) is 0.538. The second kappa shape index (κ2) is 6.47. The van der Waals surface area contributed by atoms with Crippen molar-refractivity contribution in [3.05, 3.63) is 23.8 Å². The number of phenolic OH excluding ortho intramolecular Hbond substituents is 2. The van der Waals surface area contributed by atoms with Crippen LogP contribution < -0.4 is 5.32 Å². The number of hydrogen-bond donors (Lipinski definition) is 3. The van der Waals surface area contributed by atoms with Gasteiger partial charge in [0.1, 0.15) is 11.5 Å². The summed E-state index contributed by atoms with van der Waals surface area (Å²) in [5, 5.41) is 22.4. The van der Waals surface area contributed by atoms with Gasteiger partial charge in [-0.05, 0) is 19.4 Å². The number of nitrogens with one attached hydrogen (secondary N) is 1. The minimum absolute atomic E-state index is 0.00991. The van der Waals surface area contributed by atoms with E-state index in [1.54, 1.807) is 19.2 Å². The third kappa shape index (κ3) is 3.91. The van der Waals surface area contributed by atoms with E-state index in [1.165, 1.54) is 6.07 Å². The number of hydrogen-bond acceptors (Lipinski definition) is 4. The first-order valence-electron chi connectivity index (χ1n) is 5.85. The first-order valence-corrected chi connectivity index (χ1v) is 5.85. The molecule has 2 atom stereocenters. The Kier molecular flexibility index (Phi) is 5.25.